The molecule has 0 saturated heterocycles. The number of carbonyl (C=O) groups is 1. The van der Waals surface area contributed by atoms with Crippen LogP contribution in [0.1, 0.15) is 35.8 Å². The minimum absolute atomic E-state index is 0.0859. The maximum absolute atomic E-state index is 13.1. The van der Waals surface area contributed by atoms with E-state index in [0.29, 0.717) is 0 Å². The highest BCUT2D eigenvalue weighted by Crippen LogP contribution is 2.30. The first-order chi connectivity index (χ1) is 10.7. The molecular formula is C16H14FN3O2. The number of amides is 2. The number of nitriles is 1. The maximum Gasteiger partial charge on any atom is 0.319 e. The molecule has 0 fully saturated rings. The van der Waals surface area contributed by atoms with Gasteiger partial charge in [0.2, 0.25) is 0 Å². The second-order valence-corrected chi connectivity index (χ2v) is 5.14. The molecule has 0 aliphatic heterocycles. The van der Waals surface area contributed by atoms with Crippen molar-refractivity contribution in [1.82, 2.24) is 5.32 Å². The predicted molar refractivity (Wildman–Crippen MR) is 77.7 cm³/mol. The normalized spacial score (nSPS) is 16.5. The van der Waals surface area contributed by atoms with Crippen LogP contribution in [0.2, 0.25) is 0 Å². The Morgan fingerprint density at radius 3 is 3.09 bits per heavy atom. The number of halogens is 1. The SMILES string of the molecule is N#Cc1cc(F)ccc1NC(=O)NC1CCCc2occc21. The summed E-state index contributed by atoms with van der Waals surface area (Å²) < 4.78 is 18.5. The third-order valence-electron chi connectivity index (χ3n) is 3.71. The van der Waals surface area contributed by atoms with Crippen molar-refractivity contribution in [3.05, 3.63) is 53.2 Å². The van der Waals surface area contributed by atoms with Crippen LogP contribution in [0.4, 0.5) is 14.9 Å². The molecule has 112 valence electrons. The maximum atomic E-state index is 13.1. The molecule has 22 heavy (non-hydrogen) atoms. The summed E-state index contributed by atoms with van der Waals surface area (Å²) in [5, 5.41) is 14.4. The lowest BCUT2D eigenvalue weighted by Crippen LogP contribution is -2.34. The highest BCUT2D eigenvalue weighted by Gasteiger charge is 2.24. The average Bonchev–Trinajstić information content (AvgIpc) is 2.98. The molecule has 0 spiro atoms. The largest absolute Gasteiger partial charge is 0.469 e. The standard InChI is InChI=1S/C16H14FN3O2/c17-11-4-5-13(10(8-11)9-18)19-16(21)20-14-2-1-3-15-12(14)6-7-22-15/h4-8,14H,1-3H2,(H2,19,20,21). The number of hydrogen-bond acceptors (Lipinski definition) is 3. The quantitative estimate of drug-likeness (QED) is 0.891. The highest BCUT2D eigenvalue weighted by atomic mass is 19.1. The Balaban J connectivity index is 1.71. The molecule has 3 rings (SSSR count). The van der Waals surface area contributed by atoms with Gasteiger partial charge in [-0.2, -0.15) is 5.26 Å². The summed E-state index contributed by atoms with van der Waals surface area (Å²) in [7, 11) is 0. The molecule has 2 N–H and O–H groups in total. The number of anilines is 1. The molecular weight excluding hydrogens is 285 g/mol. The lowest BCUT2D eigenvalue weighted by molar-refractivity contribution is 0.246. The molecule has 2 amide bonds. The van der Waals surface area contributed by atoms with Gasteiger partial charge in [-0.3, -0.25) is 0 Å². The Hall–Kier alpha value is -2.81. The Labute approximate surface area is 126 Å². The van der Waals surface area contributed by atoms with E-state index < -0.39 is 11.8 Å². The van der Waals surface area contributed by atoms with Crippen LogP contribution in [0.3, 0.4) is 0 Å². The molecule has 1 heterocycles. The predicted octanol–water partition coefficient (Wildman–Crippen LogP) is 3.49. The van der Waals surface area contributed by atoms with E-state index >= 15 is 0 Å². The summed E-state index contributed by atoms with van der Waals surface area (Å²) in [6, 6.07) is 6.83. The fourth-order valence-corrected chi connectivity index (χ4v) is 2.67. The van der Waals surface area contributed by atoms with E-state index in [-0.39, 0.29) is 17.3 Å². The Morgan fingerprint density at radius 2 is 2.27 bits per heavy atom. The first kappa shape index (κ1) is 14.1. The lowest BCUT2D eigenvalue weighted by atomic mass is 9.93. The van der Waals surface area contributed by atoms with E-state index in [1.807, 2.05) is 12.1 Å². The van der Waals surface area contributed by atoms with Gasteiger partial charge in [0.15, 0.2) is 0 Å². The van der Waals surface area contributed by atoms with Crippen molar-refractivity contribution >= 4 is 11.7 Å². The number of aryl methyl sites for hydroxylation is 1. The highest BCUT2D eigenvalue weighted by molar-refractivity contribution is 5.91. The van der Waals surface area contributed by atoms with Crippen molar-refractivity contribution in [3.63, 3.8) is 0 Å². The lowest BCUT2D eigenvalue weighted by Gasteiger charge is -2.23. The zero-order chi connectivity index (χ0) is 15.5. The van der Waals surface area contributed by atoms with E-state index in [1.54, 1.807) is 6.26 Å². The zero-order valence-corrected chi connectivity index (χ0v) is 11.7. The van der Waals surface area contributed by atoms with Gasteiger partial charge in [-0.15, -0.1) is 0 Å². The van der Waals surface area contributed by atoms with Crippen LogP contribution in [0.15, 0.2) is 34.9 Å². The first-order valence-electron chi connectivity index (χ1n) is 7.01. The van der Waals surface area contributed by atoms with Crippen LogP contribution in [0, 0.1) is 17.1 Å². The van der Waals surface area contributed by atoms with Gasteiger partial charge in [0.1, 0.15) is 17.6 Å². The number of rotatable bonds is 2. The second-order valence-electron chi connectivity index (χ2n) is 5.14. The third kappa shape index (κ3) is 2.79. The monoisotopic (exact) mass is 299 g/mol. The zero-order valence-electron chi connectivity index (χ0n) is 11.7. The minimum Gasteiger partial charge on any atom is -0.469 e. The van der Waals surface area contributed by atoms with Gasteiger partial charge >= 0.3 is 6.03 Å². The molecule has 0 saturated carbocycles. The summed E-state index contributed by atoms with van der Waals surface area (Å²) >= 11 is 0. The molecule has 1 aliphatic carbocycles. The fraction of sp³-hybridized carbons (Fsp3) is 0.250. The number of benzene rings is 1. The summed E-state index contributed by atoms with van der Waals surface area (Å²) in [6.45, 7) is 0. The van der Waals surface area contributed by atoms with Crippen LogP contribution >= 0.6 is 0 Å². The van der Waals surface area contributed by atoms with Crippen LogP contribution in [0.5, 0.6) is 0 Å². The minimum atomic E-state index is -0.516. The number of urea groups is 1. The molecule has 0 radical (unpaired) electrons. The summed E-state index contributed by atoms with van der Waals surface area (Å²) in [6.07, 6.45) is 4.26. The van der Waals surface area contributed by atoms with Gasteiger partial charge in [0.25, 0.3) is 0 Å². The van der Waals surface area contributed by atoms with Gasteiger partial charge in [0.05, 0.1) is 23.6 Å². The van der Waals surface area contributed by atoms with E-state index in [4.69, 9.17) is 9.68 Å². The van der Waals surface area contributed by atoms with Crippen molar-refractivity contribution < 1.29 is 13.6 Å². The first-order valence-corrected chi connectivity index (χ1v) is 7.01. The average molecular weight is 299 g/mol. The molecule has 1 unspecified atom stereocenters. The Bertz CT molecular complexity index is 748. The molecule has 1 aliphatic rings. The Morgan fingerprint density at radius 1 is 1.41 bits per heavy atom. The molecule has 1 aromatic carbocycles. The molecule has 5 nitrogen and oxygen atoms in total. The van der Waals surface area contributed by atoms with Crippen molar-refractivity contribution in [2.24, 2.45) is 0 Å². The second kappa shape index (κ2) is 5.90. The molecule has 6 heteroatoms. The van der Waals surface area contributed by atoms with Gasteiger partial charge < -0.3 is 15.1 Å². The third-order valence-corrected chi connectivity index (χ3v) is 3.71. The van der Waals surface area contributed by atoms with Crippen LogP contribution in [-0.4, -0.2) is 6.03 Å². The topological polar surface area (TPSA) is 78.1 Å². The summed E-state index contributed by atoms with van der Waals surface area (Å²) in [5.41, 5.74) is 1.36. The van der Waals surface area contributed by atoms with Gasteiger partial charge in [-0.1, -0.05) is 0 Å². The number of carbonyl (C=O) groups excluding carboxylic acids is 1. The van der Waals surface area contributed by atoms with Crippen LogP contribution < -0.4 is 10.6 Å². The van der Waals surface area contributed by atoms with E-state index in [2.05, 4.69) is 10.6 Å². The fourth-order valence-electron chi connectivity index (χ4n) is 2.67. The molecule has 1 aromatic heterocycles. The summed E-state index contributed by atoms with van der Waals surface area (Å²) in [5.74, 6) is 0.383. The number of furan rings is 1. The smallest absolute Gasteiger partial charge is 0.319 e. The van der Waals surface area contributed by atoms with Gasteiger partial charge in [-0.05, 0) is 37.1 Å². The van der Waals surface area contributed by atoms with E-state index in [9.17, 15) is 9.18 Å². The van der Waals surface area contributed by atoms with Gasteiger partial charge in [-0.25, -0.2) is 9.18 Å². The summed E-state index contributed by atoms with van der Waals surface area (Å²) in [4.78, 5) is 12.1. The van der Waals surface area contributed by atoms with Crippen LogP contribution in [0.25, 0.3) is 0 Å². The van der Waals surface area contributed by atoms with E-state index in [1.165, 1.54) is 12.1 Å². The molecule has 2 aromatic rings. The van der Waals surface area contributed by atoms with Crippen LogP contribution in [-0.2, 0) is 6.42 Å². The Kier molecular flexibility index (Phi) is 3.79. The van der Waals surface area contributed by atoms with Crippen molar-refractivity contribution in [1.29, 1.82) is 5.26 Å². The van der Waals surface area contributed by atoms with Crippen molar-refractivity contribution in [2.75, 3.05) is 5.32 Å². The molecule has 0 bridgehead atoms. The van der Waals surface area contributed by atoms with Crippen molar-refractivity contribution in [2.45, 2.75) is 25.3 Å². The van der Waals surface area contributed by atoms with Gasteiger partial charge in [0, 0.05) is 12.0 Å². The number of nitrogens with zero attached hydrogens (tertiary/aromatic N) is 1. The number of hydrogen-bond donors (Lipinski definition) is 2. The number of nitrogens with one attached hydrogen (secondary N) is 2. The van der Waals surface area contributed by atoms with Crippen molar-refractivity contribution in [3.8, 4) is 6.07 Å². The van der Waals surface area contributed by atoms with E-state index in [0.717, 1.165) is 36.7 Å². The number of fused-ring (bicyclic) bond motifs is 1. The molecule has 1 atom stereocenters.